The van der Waals surface area contributed by atoms with Crippen LogP contribution in [0.1, 0.15) is 35.6 Å². The minimum atomic E-state index is -4.52. The number of aromatic amines is 1. The van der Waals surface area contributed by atoms with Crippen LogP contribution in [-0.4, -0.2) is 62.2 Å². The molecule has 0 amide bonds. The number of hydrogen-bond donors (Lipinski definition) is 2. The van der Waals surface area contributed by atoms with Gasteiger partial charge in [-0.05, 0) is 31.5 Å². The fourth-order valence-corrected chi connectivity index (χ4v) is 4.39. The van der Waals surface area contributed by atoms with Crippen LogP contribution in [0.4, 0.5) is 39.5 Å². The quantitative estimate of drug-likeness (QED) is 0.497. The first-order valence-electron chi connectivity index (χ1n) is 11.2. The number of piperidine rings is 1. The molecule has 8 nitrogen and oxygen atoms in total. The number of nitrogens with zero attached hydrogens (tertiary/aromatic N) is 6. The van der Waals surface area contributed by atoms with Crippen molar-refractivity contribution < 1.29 is 22.0 Å². The summed E-state index contributed by atoms with van der Waals surface area (Å²) in [6, 6.07) is 3.42. The van der Waals surface area contributed by atoms with Crippen molar-refractivity contribution in [3.8, 4) is 0 Å². The number of rotatable bonds is 6. The third kappa shape index (κ3) is 5.50. The van der Waals surface area contributed by atoms with Crippen LogP contribution < -0.4 is 10.2 Å². The van der Waals surface area contributed by atoms with Crippen LogP contribution in [0.15, 0.2) is 36.8 Å². The standard InChI is InChI=1S/C22H23F5N8/c23-21(24)12-35(13-21)20-31-17(15-2-1-5-34(11-15)10-14-8-29-30-9-14)7-19(33-20)32-18-6-16(3-4-28-18)22(25,26)27/h3-4,6-9,15H,1-2,5,10-13H2,(H,29,30)(H,28,31,32,33). The molecular formula is C22H23F5N8. The molecule has 3 aromatic rings. The topological polar surface area (TPSA) is 85.9 Å². The second-order valence-electron chi connectivity index (χ2n) is 8.92. The van der Waals surface area contributed by atoms with Gasteiger partial charge in [0.15, 0.2) is 0 Å². The lowest BCUT2D eigenvalue weighted by molar-refractivity contribution is -0.137. The third-order valence-corrected chi connectivity index (χ3v) is 6.09. The molecule has 2 N–H and O–H groups in total. The molecule has 1 unspecified atom stereocenters. The number of pyridine rings is 1. The fourth-order valence-electron chi connectivity index (χ4n) is 4.39. The molecule has 5 heterocycles. The van der Waals surface area contributed by atoms with Crippen LogP contribution >= 0.6 is 0 Å². The maximum absolute atomic E-state index is 13.5. The van der Waals surface area contributed by atoms with E-state index in [-0.39, 0.29) is 23.5 Å². The molecule has 0 aromatic carbocycles. The highest BCUT2D eigenvalue weighted by molar-refractivity contribution is 5.56. The van der Waals surface area contributed by atoms with E-state index in [4.69, 9.17) is 0 Å². The molecule has 35 heavy (non-hydrogen) atoms. The molecule has 2 aliphatic heterocycles. The van der Waals surface area contributed by atoms with Crippen molar-refractivity contribution >= 4 is 17.6 Å². The zero-order valence-corrected chi connectivity index (χ0v) is 18.6. The Morgan fingerprint density at radius 1 is 1.14 bits per heavy atom. The van der Waals surface area contributed by atoms with Gasteiger partial charge in [0.2, 0.25) is 5.95 Å². The number of halogens is 5. The van der Waals surface area contributed by atoms with Crippen molar-refractivity contribution in [2.45, 2.75) is 37.4 Å². The molecular weight excluding hydrogens is 471 g/mol. The summed E-state index contributed by atoms with van der Waals surface area (Å²) in [5.74, 6) is -2.53. The highest BCUT2D eigenvalue weighted by Crippen LogP contribution is 2.35. The lowest BCUT2D eigenvalue weighted by Crippen LogP contribution is -2.57. The van der Waals surface area contributed by atoms with E-state index in [0.29, 0.717) is 18.8 Å². The summed E-state index contributed by atoms with van der Waals surface area (Å²) < 4.78 is 66.4. The zero-order chi connectivity index (χ0) is 24.6. The van der Waals surface area contributed by atoms with E-state index in [0.717, 1.165) is 43.3 Å². The Kier molecular flexibility index (Phi) is 6.03. The number of nitrogens with one attached hydrogen (secondary N) is 2. The predicted octanol–water partition coefficient (Wildman–Crippen LogP) is 4.19. The summed E-state index contributed by atoms with van der Waals surface area (Å²) in [7, 11) is 0. The Morgan fingerprint density at radius 2 is 1.97 bits per heavy atom. The molecule has 2 saturated heterocycles. The van der Waals surface area contributed by atoms with Crippen LogP contribution in [0.25, 0.3) is 0 Å². The molecule has 3 aromatic heterocycles. The number of alkyl halides is 5. The number of H-pyrrole nitrogens is 1. The van der Waals surface area contributed by atoms with Gasteiger partial charge in [0.05, 0.1) is 30.5 Å². The van der Waals surface area contributed by atoms with E-state index in [1.807, 2.05) is 6.20 Å². The lowest BCUT2D eigenvalue weighted by Gasteiger charge is -2.39. The molecule has 186 valence electrons. The smallest absolute Gasteiger partial charge is 0.329 e. The Balaban J connectivity index is 1.41. The first kappa shape index (κ1) is 23.4. The second kappa shape index (κ2) is 9.02. The van der Waals surface area contributed by atoms with Gasteiger partial charge in [-0.15, -0.1) is 0 Å². The van der Waals surface area contributed by atoms with Gasteiger partial charge in [-0.2, -0.15) is 23.3 Å². The molecule has 0 aliphatic carbocycles. The summed E-state index contributed by atoms with van der Waals surface area (Å²) >= 11 is 0. The van der Waals surface area contributed by atoms with Gasteiger partial charge >= 0.3 is 6.18 Å². The largest absolute Gasteiger partial charge is 0.416 e. The van der Waals surface area contributed by atoms with Crippen molar-refractivity contribution in [3.63, 3.8) is 0 Å². The molecule has 2 aliphatic rings. The highest BCUT2D eigenvalue weighted by atomic mass is 19.4. The average molecular weight is 494 g/mol. The van der Waals surface area contributed by atoms with E-state index in [1.165, 1.54) is 4.90 Å². The summed E-state index contributed by atoms with van der Waals surface area (Å²) in [6.45, 7) is 1.29. The number of hydrogen-bond acceptors (Lipinski definition) is 7. The monoisotopic (exact) mass is 494 g/mol. The predicted molar refractivity (Wildman–Crippen MR) is 118 cm³/mol. The van der Waals surface area contributed by atoms with Gasteiger partial charge in [-0.3, -0.25) is 10.00 Å². The molecule has 0 bridgehead atoms. The van der Waals surface area contributed by atoms with E-state index >= 15 is 0 Å². The zero-order valence-electron chi connectivity index (χ0n) is 18.6. The van der Waals surface area contributed by atoms with Crippen molar-refractivity contribution in [2.75, 3.05) is 36.4 Å². The van der Waals surface area contributed by atoms with Crippen LogP contribution in [0.5, 0.6) is 0 Å². The Bertz CT molecular complexity index is 1160. The SMILES string of the molecule is FC1(F)CN(c2nc(Nc3cc(C(F)(F)F)ccn3)cc(C3CCCN(Cc4cn[nH]c4)C3)n2)C1. The van der Waals surface area contributed by atoms with Crippen LogP contribution in [0.3, 0.4) is 0 Å². The second-order valence-corrected chi connectivity index (χ2v) is 8.92. The minimum absolute atomic E-state index is 0.00852. The summed E-state index contributed by atoms with van der Waals surface area (Å²) in [5.41, 5.74) is 0.848. The van der Waals surface area contributed by atoms with Crippen LogP contribution in [-0.2, 0) is 12.7 Å². The maximum Gasteiger partial charge on any atom is 0.416 e. The first-order chi connectivity index (χ1) is 16.6. The van der Waals surface area contributed by atoms with Crippen molar-refractivity contribution in [2.24, 2.45) is 0 Å². The number of likely N-dealkylation sites (tertiary alicyclic amines) is 1. The Labute approximate surface area is 197 Å². The van der Waals surface area contributed by atoms with Gasteiger partial charge < -0.3 is 10.2 Å². The molecule has 5 rings (SSSR count). The molecule has 0 spiro atoms. The van der Waals surface area contributed by atoms with Gasteiger partial charge in [0.1, 0.15) is 11.6 Å². The normalized spacial score (nSPS) is 20.5. The lowest BCUT2D eigenvalue weighted by atomic mass is 9.94. The van der Waals surface area contributed by atoms with E-state index in [9.17, 15) is 22.0 Å². The molecule has 2 fully saturated rings. The van der Waals surface area contributed by atoms with Crippen molar-refractivity contribution in [1.29, 1.82) is 0 Å². The van der Waals surface area contributed by atoms with E-state index in [2.05, 4.69) is 35.4 Å². The highest BCUT2D eigenvalue weighted by Gasteiger charge is 2.45. The Hall–Kier alpha value is -3.35. The molecule has 13 heteroatoms. The Morgan fingerprint density at radius 3 is 2.69 bits per heavy atom. The summed E-state index contributed by atoms with van der Waals surface area (Å²) in [5, 5.41) is 9.57. The maximum atomic E-state index is 13.5. The molecule has 0 saturated carbocycles. The van der Waals surface area contributed by atoms with Gasteiger partial charge in [-0.25, -0.2) is 18.7 Å². The summed E-state index contributed by atoms with van der Waals surface area (Å²) in [6.07, 6.45) is 1.89. The van der Waals surface area contributed by atoms with Crippen molar-refractivity contribution in [1.82, 2.24) is 30.0 Å². The fraction of sp³-hybridized carbons (Fsp3) is 0.455. The molecule has 0 radical (unpaired) electrons. The number of anilines is 3. The molecule has 1 atom stereocenters. The van der Waals surface area contributed by atoms with Gasteiger partial charge in [0.25, 0.3) is 5.92 Å². The van der Waals surface area contributed by atoms with Crippen LogP contribution in [0.2, 0.25) is 0 Å². The first-order valence-corrected chi connectivity index (χ1v) is 11.2. The minimum Gasteiger partial charge on any atom is -0.329 e. The van der Waals surface area contributed by atoms with E-state index in [1.54, 1.807) is 12.3 Å². The van der Waals surface area contributed by atoms with Gasteiger partial charge in [-0.1, -0.05) is 0 Å². The van der Waals surface area contributed by atoms with Crippen molar-refractivity contribution in [3.05, 3.63) is 53.6 Å². The summed E-state index contributed by atoms with van der Waals surface area (Å²) in [4.78, 5) is 16.5. The number of aromatic nitrogens is 5. The van der Waals surface area contributed by atoms with E-state index < -0.39 is 30.8 Å². The third-order valence-electron chi connectivity index (χ3n) is 6.09. The van der Waals surface area contributed by atoms with Gasteiger partial charge in [0, 0.05) is 43.0 Å². The average Bonchev–Trinajstić information content (AvgIpc) is 3.30. The van der Waals surface area contributed by atoms with Crippen LogP contribution in [0, 0.1) is 0 Å².